The average molecular weight is 344 g/mol. The highest BCUT2D eigenvalue weighted by Crippen LogP contribution is 2.29. The zero-order valence-corrected chi connectivity index (χ0v) is 14.9. The van der Waals surface area contributed by atoms with Gasteiger partial charge in [0.05, 0.1) is 23.3 Å². The molecule has 1 unspecified atom stereocenters. The zero-order valence-electron chi connectivity index (χ0n) is 14.1. The highest BCUT2D eigenvalue weighted by molar-refractivity contribution is 7.10. The Morgan fingerprint density at radius 1 is 1.38 bits per heavy atom. The quantitative estimate of drug-likeness (QED) is 0.882. The molecule has 0 radical (unpaired) electrons. The summed E-state index contributed by atoms with van der Waals surface area (Å²) < 4.78 is 0. The van der Waals surface area contributed by atoms with E-state index in [9.17, 15) is 9.59 Å². The molecule has 3 rings (SSSR count). The van der Waals surface area contributed by atoms with E-state index in [1.807, 2.05) is 38.2 Å². The van der Waals surface area contributed by atoms with Gasteiger partial charge in [0.2, 0.25) is 5.91 Å². The third-order valence-electron chi connectivity index (χ3n) is 4.55. The third-order valence-corrected chi connectivity index (χ3v) is 5.58. The second-order valence-electron chi connectivity index (χ2n) is 6.26. The van der Waals surface area contributed by atoms with Gasteiger partial charge in [0.15, 0.2) is 6.04 Å². The number of para-hydroxylation sites is 2. The summed E-state index contributed by atoms with van der Waals surface area (Å²) in [4.78, 5) is 28.9. The van der Waals surface area contributed by atoms with Gasteiger partial charge in [0, 0.05) is 0 Å². The van der Waals surface area contributed by atoms with Crippen molar-refractivity contribution in [2.75, 3.05) is 23.8 Å². The van der Waals surface area contributed by atoms with Crippen LogP contribution in [0.3, 0.4) is 0 Å². The first-order chi connectivity index (χ1) is 11.5. The molecule has 24 heavy (non-hydrogen) atoms. The first kappa shape index (κ1) is 16.7. The van der Waals surface area contributed by atoms with E-state index in [0.29, 0.717) is 5.69 Å². The molecule has 5 nitrogen and oxygen atoms in total. The van der Waals surface area contributed by atoms with Gasteiger partial charge in [-0.2, -0.15) is 0 Å². The van der Waals surface area contributed by atoms with Gasteiger partial charge in [-0.25, -0.2) is 0 Å². The number of nitrogens with one attached hydrogen (secondary N) is 2. The van der Waals surface area contributed by atoms with E-state index in [-0.39, 0.29) is 24.4 Å². The van der Waals surface area contributed by atoms with Gasteiger partial charge in [-0.1, -0.05) is 12.1 Å². The third kappa shape index (κ3) is 3.20. The molecular weight excluding hydrogens is 322 g/mol. The van der Waals surface area contributed by atoms with Crippen molar-refractivity contribution in [3.8, 4) is 0 Å². The number of aryl methyl sites for hydroxylation is 1. The predicted molar refractivity (Wildman–Crippen MR) is 96.5 cm³/mol. The largest absolute Gasteiger partial charge is 0.323 e. The predicted octanol–water partition coefficient (Wildman–Crippen LogP) is 1.45. The number of fused-ring (bicyclic) bond motifs is 1. The maximum Gasteiger partial charge on any atom is 0.285 e. The number of anilines is 2. The molecule has 2 aromatic rings. The Bertz CT molecular complexity index is 771. The van der Waals surface area contributed by atoms with Crippen LogP contribution in [-0.4, -0.2) is 31.4 Å². The SMILES string of the molecule is Cc1ccsc1C[NH+](C)[C@@H](C)C(=O)N1CC(=O)Nc2ccccc21. The van der Waals surface area contributed by atoms with Crippen molar-refractivity contribution in [1.29, 1.82) is 0 Å². The van der Waals surface area contributed by atoms with Gasteiger partial charge in [-0.05, 0) is 43.0 Å². The Labute approximate surface area is 145 Å². The van der Waals surface area contributed by atoms with Crippen LogP contribution in [-0.2, 0) is 16.1 Å². The zero-order chi connectivity index (χ0) is 17.3. The fourth-order valence-electron chi connectivity index (χ4n) is 2.87. The summed E-state index contributed by atoms with van der Waals surface area (Å²) in [6, 6.07) is 9.30. The molecule has 6 heteroatoms. The van der Waals surface area contributed by atoms with Crippen LogP contribution in [0.2, 0.25) is 0 Å². The smallest absolute Gasteiger partial charge is 0.285 e. The molecular formula is C18H22N3O2S+. The number of carbonyl (C=O) groups excluding carboxylic acids is 2. The molecule has 126 valence electrons. The minimum atomic E-state index is -0.231. The molecule has 1 aromatic heterocycles. The fraction of sp³-hybridized carbons (Fsp3) is 0.333. The van der Waals surface area contributed by atoms with Crippen molar-refractivity contribution >= 4 is 34.5 Å². The van der Waals surface area contributed by atoms with Crippen LogP contribution in [0.15, 0.2) is 35.7 Å². The second kappa shape index (κ2) is 6.75. The molecule has 1 aromatic carbocycles. The number of nitrogens with zero attached hydrogens (tertiary/aromatic N) is 1. The summed E-state index contributed by atoms with van der Waals surface area (Å²) in [6.45, 7) is 4.90. The number of hydrogen-bond donors (Lipinski definition) is 2. The molecule has 2 N–H and O–H groups in total. The molecule has 0 spiro atoms. The Kier molecular flexibility index (Phi) is 4.69. The van der Waals surface area contributed by atoms with Crippen LogP contribution < -0.4 is 15.1 Å². The van der Waals surface area contributed by atoms with Gasteiger partial charge in [-0.15, -0.1) is 11.3 Å². The summed E-state index contributed by atoms with van der Waals surface area (Å²) in [5.74, 6) is -0.176. The van der Waals surface area contributed by atoms with Crippen molar-refractivity contribution < 1.29 is 14.5 Å². The monoisotopic (exact) mass is 344 g/mol. The lowest BCUT2D eigenvalue weighted by Gasteiger charge is -2.32. The first-order valence-corrected chi connectivity index (χ1v) is 8.91. The number of likely N-dealkylation sites (N-methyl/N-ethyl adjacent to an activating group) is 1. The van der Waals surface area contributed by atoms with Crippen LogP contribution >= 0.6 is 11.3 Å². The molecule has 2 atom stereocenters. The topological polar surface area (TPSA) is 53.9 Å². The van der Waals surface area contributed by atoms with Gasteiger partial charge >= 0.3 is 0 Å². The van der Waals surface area contributed by atoms with Crippen LogP contribution in [0.4, 0.5) is 11.4 Å². The minimum Gasteiger partial charge on any atom is -0.323 e. The molecule has 0 saturated heterocycles. The highest BCUT2D eigenvalue weighted by Gasteiger charge is 2.33. The number of rotatable bonds is 4. The van der Waals surface area contributed by atoms with E-state index in [4.69, 9.17) is 0 Å². The van der Waals surface area contributed by atoms with E-state index in [1.165, 1.54) is 10.4 Å². The first-order valence-electron chi connectivity index (χ1n) is 8.03. The summed E-state index contributed by atoms with van der Waals surface area (Å²) in [6.07, 6.45) is 0. The van der Waals surface area contributed by atoms with Crippen LogP contribution in [0.25, 0.3) is 0 Å². The molecule has 0 fully saturated rings. The van der Waals surface area contributed by atoms with Crippen LogP contribution in [0.1, 0.15) is 17.4 Å². The van der Waals surface area contributed by atoms with Gasteiger partial charge in [-0.3, -0.25) is 14.5 Å². The van der Waals surface area contributed by atoms with Crippen molar-refractivity contribution in [3.05, 3.63) is 46.2 Å². The molecule has 0 bridgehead atoms. The number of thiophene rings is 1. The Hall–Kier alpha value is -2.18. The van der Waals surface area contributed by atoms with Crippen LogP contribution in [0.5, 0.6) is 0 Å². The number of amides is 2. The van der Waals surface area contributed by atoms with Crippen molar-refractivity contribution in [2.24, 2.45) is 0 Å². The molecule has 1 aliphatic heterocycles. The second-order valence-corrected chi connectivity index (χ2v) is 7.26. The molecule has 0 saturated carbocycles. The number of benzene rings is 1. The number of hydrogen-bond acceptors (Lipinski definition) is 3. The lowest BCUT2D eigenvalue weighted by atomic mass is 10.1. The normalized spacial score (nSPS) is 16.3. The Morgan fingerprint density at radius 3 is 2.83 bits per heavy atom. The summed E-state index contributed by atoms with van der Waals surface area (Å²) in [5, 5.41) is 4.90. The average Bonchev–Trinajstić information content (AvgIpc) is 2.97. The van der Waals surface area contributed by atoms with E-state index in [0.717, 1.165) is 17.1 Å². The van der Waals surface area contributed by atoms with E-state index < -0.39 is 0 Å². The highest BCUT2D eigenvalue weighted by atomic mass is 32.1. The van der Waals surface area contributed by atoms with Crippen molar-refractivity contribution in [2.45, 2.75) is 26.4 Å². The van der Waals surface area contributed by atoms with E-state index >= 15 is 0 Å². The molecule has 0 aliphatic carbocycles. The summed E-state index contributed by atoms with van der Waals surface area (Å²) in [5.41, 5.74) is 2.73. The van der Waals surface area contributed by atoms with Crippen molar-refractivity contribution in [1.82, 2.24) is 0 Å². The van der Waals surface area contributed by atoms with Gasteiger partial charge in [0.1, 0.15) is 13.1 Å². The summed E-state index contributed by atoms with van der Waals surface area (Å²) >= 11 is 1.72. The fourth-order valence-corrected chi connectivity index (χ4v) is 3.87. The summed E-state index contributed by atoms with van der Waals surface area (Å²) in [7, 11) is 2.03. The molecule has 1 aliphatic rings. The number of quaternary nitrogens is 1. The maximum atomic E-state index is 13.0. The van der Waals surface area contributed by atoms with Gasteiger partial charge < -0.3 is 10.2 Å². The Balaban J connectivity index is 1.78. The van der Waals surface area contributed by atoms with Gasteiger partial charge in [0.25, 0.3) is 5.91 Å². The lowest BCUT2D eigenvalue weighted by Crippen LogP contribution is -3.12. The number of carbonyl (C=O) groups is 2. The van der Waals surface area contributed by atoms with E-state index in [2.05, 4.69) is 23.7 Å². The molecule has 2 heterocycles. The Morgan fingerprint density at radius 2 is 2.12 bits per heavy atom. The minimum absolute atomic E-state index is 0.0241. The maximum absolute atomic E-state index is 13.0. The van der Waals surface area contributed by atoms with Crippen molar-refractivity contribution in [3.63, 3.8) is 0 Å². The molecule has 2 amide bonds. The standard InChI is InChI=1S/C18H21N3O2S/c1-12-8-9-24-16(12)10-20(3)13(2)18(23)21-11-17(22)19-14-6-4-5-7-15(14)21/h4-9,13H,10-11H2,1-3H3,(H,19,22)/p+1/t13-/m0/s1. The van der Waals surface area contributed by atoms with E-state index in [1.54, 1.807) is 16.2 Å². The van der Waals surface area contributed by atoms with Crippen LogP contribution in [0, 0.1) is 6.92 Å². The lowest BCUT2D eigenvalue weighted by molar-refractivity contribution is -0.907.